The van der Waals surface area contributed by atoms with Gasteiger partial charge in [-0.1, -0.05) is 41.0 Å². The molecule has 32 heavy (non-hydrogen) atoms. The Morgan fingerprint density at radius 2 is 1.81 bits per heavy atom. The number of hydrogen-bond acceptors (Lipinski definition) is 6. The van der Waals surface area contributed by atoms with E-state index in [-0.39, 0.29) is 29.3 Å². The normalized spacial score (nSPS) is 38.5. The van der Waals surface area contributed by atoms with Crippen LogP contribution in [0.25, 0.3) is 0 Å². The Balaban J connectivity index is 1.64. The van der Waals surface area contributed by atoms with Crippen molar-refractivity contribution in [1.82, 2.24) is 0 Å². The van der Waals surface area contributed by atoms with Crippen molar-refractivity contribution in [3.05, 3.63) is 4.91 Å². The Bertz CT molecular complexity index is 663. The first kappa shape index (κ1) is 25.7. The van der Waals surface area contributed by atoms with Gasteiger partial charge in [0.25, 0.3) is 0 Å². The van der Waals surface area contributed by atoms with Crippen molar-refractivity contribution in [2.75, 3.05) is 0 Å². The van der Waals surface area contributed by atoms with Gasteiger partial charge in [-0.25, -0.2) is 0 Å². The highest BCUT2D eigenvalue weighted by molar-refractivity contribution is 6.74. The van der Waals surface area contributed by atoms with E-state index in [9.17, 15) is 9.70 Å². The lowest BCUT2D eigenvalue weighted by molar-refractivity contribution is -0.160. The molecule has 0 aromatic heterocycles. The third-order valence-corrected chi connectivity index (χ3v) is 13.6. The fourth-order valence-corrected chi connectivity index (χ4v) is 7.73. The van der Waals surface area contributed by atoms with Crippen molar-refractivity contribution < 1.29 is 18.8 Å². The quantitative estimate of drug-likeness (QED) is 0.182. The van der Waals surface area contributed by atoms with Gasteiger partial charge in [-0.15, -0.1) is 4.91 Å². The average Bonchev–Trinajstić information content (AvgIpc) is 2.66. The van der Waals surface area contributed by atoms with Gasteiger partial charge in [0.15, 0.2) is 13.7 Å². The first-order valence-corrected chi connectivity index (χ1v) is 15.7. The number of nitrogens with zero attached hydrogens (tertiary/aromatic N) is 1. The smallest absolute Gasteiger partial charge is 0.308 e. The molecular weight excluding hydrogens is 422 g/mol. The third kappa shape index (κ3) is 5.94. The van der Waals surface area contributed by atoms with Gasteiger partial charge in [-0.05, 0) is 73.9 Å². The molecule has 184 valence electrons. The van der Waals surface area contributed by atoms with Gasteiger partial charge in [0.2, 0.25) is 0 Å². The van der Waals surface area contributed by atoms with Gasteiger partial charge in [-0.2, -0.15) is 0 Å². The molecule has 0 spiro atoms. The zero-order valence-electron chi connectivity index (χ0n) is 21.3. The van der Waals surface area contributed by atoms with E-state index < -0.39 is 8.32 Å². The van der Waals surface area contributed by atoms with Crippen LogP contribution in [0.2, 0.25) is 18.1 Å². The summed E-state index contributed by atoms with van der Waals surface area (Å²) in [7, 11) is -1.93. The molecule has 1 aliphatic heterocycles. The van der Waals surface area contributed by atoms with Crippen LogP contribution in [0.15, 0.2) is 5.34 Å². The van der Waals surface area contributed by atoms with Crippen LogP contribution in [0, 0.1) is 34.5 Å². The lowest BCUT2D eigenvalue weighted by Gasteiger charge is -2.49. The summed E-state index contributed by atoms with van der Waals surface area (Å²) in [5.74, 6) is 2.50. The number of ether oxygens (including phenoxy) is 1. The van der Waals surface area contributed by atoms with Crippen LogP contribution in [0.1, 0.15) is 86.0 Å². The maximum atomic E-state index is 12.4. The molecule has 3 fully saturated rings. The summed E-state index contributed by atoms with van der Waals surface area (Å²) >= 11 is 0. The van der Waals surface area contributed by atoms with E-state index in [0.29, 0.717) is 36.0 Å². The Morgan fingerprint density at radius 1 is 1.09 bits per heavy atom. The van der Waals surface area contributed by atoms with Crippen molar-refractivity contribution in [3.8, 4) is 0 Å². The van der Waals surface area contributed by atoms with E-state index in [1.54, 1.807) is 0 Å². The minimum Gasteiger partial charge on any atom is -0.462 e. The number of esters is 1. The summed E-state index contributed by atoms with van der Waals surface area (Å²) < 4.78 is 12.3. The number of cyclic esters (lactones) is 1. The van der Waals surface area contributed by atoms with E-state index in [4.69, 9.17) is 14.0 Å². The number of fused-ring (bicyclic) bond motifs is 1. The predicted octanol–water partition coefficient (Wildman–Crippen LogP) is 6.64. The van der Waals surface area contributed by atoms with Crippen LogP contribution in [0.3, 0.4) is 0 Å². The van der Waals surface area contributed by atoms with Gasteiger partial charge in [-0.3, -0.25) is 4.79 Å². The summed E-state index contributed by atoms with van der Waals surface area (Å²) in [5, 5.41) is 2.96. The molecule has 2 saturated carbocycles. The standard InChI is InChI=1S/C25H45NO5Si/c1-16-12-18-9-8-17(2)21(24(18)22(13-16)30-26-28)11-10-19-14-20(15-23(27)29-19)31-32(6,7)25(3,4)5/h16-22,24H,8-15H2,1-7H3/t16-,17-,18-,19+,20+,21-,22-,24-/m0/s1. The van der Waals surface area contributed by atoms with Crippen molar-refractivity contribution in [2.24, 2.45) is 34.9 Å². The molecule has 0 aromatic carbocycles. The molecule has 0 bridgehead atoms. The molecule has 0 N–H and O–H groups in total. The van der Waals surface area contributed by atoms with Crippen molar-refractivity contribution >= 4 is 14.3 Å². The number of carbonyl (C=O) groups excluding carboxylic acids is 1. The van der Waals surface area contributed by atoms with Gasteiger partial charge in [0, 0.05) is 12.3 Å². The molecule has 0 radical (unpaired) electrons. The molecule has 3 aliphatic rings. The average molecular weight is 468 g/mol. The van der Waals surface area contributed by atoms with E-state index in [1.807, 2.05) is 0 Å². The Kier molecular flexibility index (Phi) is 8.12. The molecule has 3 rings (SSSR count). The maximum absolute atomic E-state index is 12.4. The number of hydrogen-bond donors (Lipinski definition) is 0. The molecule has 1 heterocycles. The van der Waals surface area contributed by atoms with E-state index >= 15 is 0 Å². The minimum atomic E-state index is -1.93. The molecule has 8 atom stereocenters. The summed E-state index contributed by atoms with van der Waals surface area (Å²) in [6.07, 6.45) is 7.40. The van der Waals surface area contributed by atoms with E-state index in [2.05, 4.69) is 53.1 Å². The zero-order valence-corrected chi connectivity index (χ0v) is 22.3. The molecular formula is C25H45NO5Si. The van der Waals surface area contributed by atoms with E-state index in [1.165, 1.54) is 19.3 Å². The second-order valence-corrected chi connectivity index (χ2v) is 17.2. The van der Waals surface area contributed by atoms with Crippen molar-refractivity contribution in [3.63, 3.8) is 0 Å². The fourth-order valence-electron chi connectivity index (χ4n) is 6.36. The Morgan fingerprint density at radius 3 is 2.47 bits per heavy atom. The first-order valence-electron chi connectivity index (χ1n) is 12.8. The molecule has 1 saturated heterocycles. The fraction of sp³-hybridized carbons (Fsp3) is 0.960. The summed E-state index contributed by atoms with van der Waals surface area (Å²) in [5.41, 5.74) is 0. The van der Waals surface area contributed by atoms with Gasteiger partial charge < -0.3 is 14.0 Å². The van der Waals surface area contributed by atoms with Crippen LogP contribution in [0.5, 0.6) is 0 Å². The number of rotatable bonds is 7. The Hall–Kier alpha value is -0.953. The van der Waals surface area contributed by atoms with Crippen LogP contribution in [-0.4, -0.2) is 32.6 Å². The largest absolute Gasteiger partial charge is 0.462 e. The van der Waals surface area contributed by atoms with Gasteiger partial charge in [0.1, 0.15) is 12.2 Å². The molecule has 0 unspecified atom stereocenters. The minimum absolute atomic E-state index is 0.0375. The third-order valence-electron chi connectivity index (χ3n) is 9.02. The van der Waals surface area contributed by atoms with Gasteiger partial charge >= 0.3 is 5.97 Å². The second-order valence-electron chi connectivity index (χ2n) is 12.5. The Labute approximate surface area is 195 Å². The topological polar surface area (TPSA) is 74.2 Å². The maximum Gasteiger partial charge on any atom is 0.308 e. The zero-order chi connectivity index (χ0) is 23.7. The summed E-state index contributed by atoms with van der Waals surface area (Å²) in [4.78, 5) is 28.7. The van der Waals surface area contributed by atoms with Crippen LogP contribution < -0.4 is 0 Å². The van der Waals surface area contributed by atoms with Crippen molar-refractivity contribution in [1.29, 1.82) is 0 Å². The SMILES string of the molecule is C[C@H]1C[C@@H]2CC[C@H](C)[C@H](CC[C@@H]3C[C@@H](O[Si](C)(C)C(C)(C)C)CC(=O)O3)[C@H]2[C@@H](ON=O)C1. The highest BCUT2D eigenvalue weighted by atomic mass is 28.4. The predicted molar refractivity (Wildman–Crippen MR) is 128 cm³/mol. The molecule has 7 heteroatoms. The van der Waals surface area contributed by atoms with Crippen LogP contribution >= 0.6 is 0 Å². The lowest BCUT2D eigenvalue weighted by Crippen LogP contribution is -2.48. The lowest BCUT2D eigenvalue weighted by atomic mass is 9.58. The molecule has 0 aromatic rings. The van der Waals surface area contributed by atoms with E-state index in [0.717, 1.165) is 25.7 Å². The summed E-state index contributed by atoms with van der Waals surface area (Å²) in [6.45, 7) is 15.8. The second kappa shape index (κ2) is 10.1. The van der Waals surface area contributed by atoms with Crippen LogP contribution in [0.4, 0.5) is 0 Å². The monoisotopic (exact) mass is 467 g/mol. The highest BCUT2D eigenvalue weighted by Crippen LogP contribution is 2.50. The highest BCUT2D eigenvalue weighted by Gasteiger charge is 2.47. The number of carbonyl (C=O) groups is 1. The summed E-state index contributed by atoms with van der Waals surface area (Å²) in [6, 6.07) is 0. The van der Waals surface area contributed by atoms with Gasteiger partial charge in [0.05, 0.1) is 12.5 Å². The van der Waals surface area contributed by atoms with Crippen molar-refractivity contribution in [2.45, 2.75) is 122 Å². The first-order chi connectivity index (χ1) is 14.9. The molecule has 6 nitrogen and oxygen atoms in total. The molecule has 0 amide bonds. The van der Waals surface area contributed by atoms with Crippen LogP contribution in [-0.2, 0) is 18.8 Å². The molecule has 2 aliphatic carbocycles.